The Morgan fingerprint density at radius 1 is 1.64 bits per heavy atom. The van der Waals surface area contributed by atoms with Crippen molar-refractivity contribution in [2.75, 3.05) is 5.32 Å². The number of hydrogen-bond donors (Lipinski definition) is 2. The van der Waals surface area contributed by atoms with E-state index in [0.29, 0.717) is 12.4 Å². The molecule has 2 aromatic rings. The van der Waals surface area contributed by atoms with Crippen molar-refractivity contribution in [2.45, 2.75) is 13.3 Å². The minimum absolute atomic E-state index is 0.0583. The predicted octanol–water partition coefficient (Wildman–Crippen LogP) is 1.31. The van der Waals surface area contributed by atoms with Gasteiger partial charge in [-0.15, -0.1) is 0 Å². The molecule has 0 aliphatic heterocycles. The molecule has 0 fully saturated rings. The van der Waals surface area contributed by atoms with Crippen molar-refractivity contribution >= 4 is 22.9 Å². The van der Waals surface area contributed by atoms with Crippen molar-refractivity contribution < 1.29 is 4.79 Å². The van der Waals surface area contributed by atoms with Gasteiger partial charge < -0.3 is 4.98 Å². The van der Waals surface area contributed by atoms with Gasteiger partial charge >= 0.3 is 0 Å². The topological polar surface area (TPSA) is 70.7 Å². The van der Waals surface area contributed by atoms with Crippen LogP contribution in [0.1, 0.15) is 13.3 Å². The van der Waals surface area contributed by atoms with Crippen LogP contribution in [0.3, 0.4) is 0 Å². The van der Waals surface area contributed by atoms with E-state index in [2.05, 4.69) is 20.3 Å². The summed E-state index contributed by atoms with van der Waals surface area (Å²) in [5, 5.41) is 2.65. The van der Waals surface area contributed by atoms with Crippen LogP contribution in [-0.4, -0.2) is 20.9 Å². The molecule has 14 heavy (non-hydrogen) atoms. The average molecular weight is 190 g/mol. The van der Waals surface area contributed by atoms with E-state index in [-0.39, 0.29) is 5.91 Å². The van der Waals surface area contributed by atoms with Crippen LogP contribution in [-0.2, 0) is 4.79 Å². The fraction of sp³-hybridized carbons (Fsp3) is 0.222. The second-order valence-electron chi connectivity index (χ2n) is 2.88. The Labute approximate surface area is 80.6 Å². The Morgan fingerprint density at radius 3 is 3.21 bits per heavy atom. The van der Waals surface area contributed by atoms with Gasteiger partial charge in [0.1, 0.15) is 0 Å². The van der Waals surface area contributed by atoms with Crippen LogP contribution in [0.25, 0.3) is 11.0 Å². The number of nitrogens with zero attached hydrogens (tertiary/aromatic N) is 2. The molecule has 0 unspecified atom stereocenters. The lowest BCUT2D eigenvalue weighted by atomic mass is 10.4. The van der Waals surface area contributed by atoms with Crippen molar-refractivity contribution in [3.05, 3.63) is 18.5 Å². The van der Waals surface area contributed by atoms with Gasteiger partial charge in [0.05, 0.1) is 17.2 Å². The summed E-state index contributed by atoms with van der Waals surface area (Å²) < 4.78 is 0. The number of H-pyrrole nitrogens is 1. The first-order valence-electron chi connectivity index (χ1n) is 4.39. The molecule has 0 aliphatic carbocycles. The van der Waals surface area contributed by atoms with Gasteiger partial charge in [-0.05, 0) is 6.07 Å². The first kappa shape index (κ1) is 8.68. The highest BCUT2D eigenvalue weighted by molar-refractivity contribution is 5.90. The van der Waals surface area contributed by atoms with Crippen LogP contribution in [0.2, 0.25) is 0 Å². The Hall–Kier alpha value is -1.91. The number of aromatic nitrogens is 3. The van der Waals surface area contributed by atoms with Gasteiger partial charge in [0.15, 0.2) is 0 Å². The number of nitrogens with one attached hydrogen (secondary N) is 2. The lowest BCUT2D eigenvalue weighted by Gasteiger charge is -1.95. The van der Waals surface area contributed by atoms with E-state index in [1.54, 1.807) is 25.4 Å². The van der Waals surface area contributed by atoms with Crippen molar-refractivity contribution in [1.82, 2.24) is 15.0 Å². The highest BCUT2D eigenvalue weighted by Crippen LogP contribution is 2.11. The van der Waals surface area contributed by atoms with Gasteiger partial charge in [0.25, 0.3) is 0 Å². The SMILES string of the molecule is CCC(=O)Nc1nc2ccncc2[nH]1. The average Bonchev–Trinajstić information content (AvgIpc) is 2.59. The van der Waals surface area contributed by atoms with Crippen LogP contribution in [0.15, 0.2) is 18.5 Å². The zero-order valence-corrected chi connectivity index (χ0v) is 7.74. The summed E-state index contributed by atoms with van der Waals surface area (Å²) in [5.41, 5.74) is 1.62. The van der Waals surface area contributed by atoms with Crippen LogP contribution in [0, 0.1) is 0 Å². The van der Waals surface area contributed by atoms with Gasteiger partial charge in [0, 0.05) is 12.6 Å². The normalized spacial score (nSPS) is 10.4. The number of carbonyl (C=O) groups is 1. The molecule has 0 radical (unpaired) electrons. The number of hydrogen-bond acceptors (Lipinski definition) is 3. The van der Waals surface area contributed by atoms with Gasteiger partial charge in [-0.3, -0.25) is 15.1 Å². The zero-order valence-electron chi connectivity index (χ0n) is 7.74. The summed E-state index contributed by atoms with van der Waals surface area (Å²) in [7, 11) is 0. The first-order valence-corrected chi connectivity index (χ1v) is 4.39. The third-order valence-electron chi connectivity index (χ3n) is 1.86. The largest absolute Gasteiger partial charge is 0.323 e. The van der Waals surface area contributed by atoms with Crippen molar-refractivity contribution in [3.8, 4) is 0 Å². The second-order valence-corrected chi connectivity index (χ2v) is 2.88. The smallest absolute Gasteiger partial charge is 0.226 e. The first-order chi connectivity index (χ1) is 6.79. The van der Waals surface area contributed by atoms with Crippen molar-refractivity contribution in [1.29, 1.82) is 0 Å². The molecule has 0 spiro atoms. The number of anilines is 1. The van der Waals surface area contributed by atoms with Gasteiger partial charge in [-0.1, -0.05) is 6.92 Å². The standard InChI is InChI=1S/C9H10N4O/c1-2-8(14)13-9-11-6-3-4-10-5-7(6)12-9/h3-5H,2H2,1H3,(H2,11,12,13,14). The molecule has 2 heterocycles. The zero-order chi connectivity index (χ0) is 9.97. The van der Waals surface area contributed by atoms with E-state index in [4.69, 9.17) is 0 Å². The Balaban J connectivity index is 2.31. The lowest BCUT2D eigenvalue weighted by molar-refractivity contribution is -0.115. The van der Waals surface area contributed by atoms with Gasteiger partial charge in [-0.2, -0.15) is 0 Å². The van der Waals surface area contributed by atoms with Gasteiger partial charge in [0.2, 0.25) is 11.9 Å². The molecule has 0 aromatic carbocycles. The minimum Gasteiger partial charge on any atom is -0.323 e. The van der Waals surface area contributed by atoms with E-state index in [1.807, 2.05) is 0 Å². The summed E-state index contributed by atoms with van der Waals surface area (Å²) >= 11 is 0. The minimum atomic E-state index is -0.0583. The van der Waals surface area contributed by atoms with E-state index >= 15 is 0 Å². The number of fused-ring (bicyclic) bond motifs is 1. The molecule has 5 heteroatoms. The summed E-state index contributed by atoms with van der Waals surface area (Å²) in [4.78, 5) is 22.1. The van der Waals surface area contributed by atoms with Crippen molar-refractivity contribution in [3.63, 3.8) is 0 Å². The highest BCUT2D eigenvalue weighted by atomic mass is 16.1. The summed E-state index contributed by atoms with van der Waals surface area (Å²) in [6, 6.07) is 1.79. The Kier molecular flexibility index (Phi) is 2.14. The molecule has 2 N–H and O–H groups in total. The van der Waals surface area contributed by atoms with E-state index in [1.165, 1.54) is 0 Å². The maximum atomic E-state index is 11.1. The van der Waals surface area contributed by atoms with Crippen LogP contribution < -0.4 is 5.32 Å². The number of rotatable bonds is 2. The molecule has 0 saturated carbocycles. The Morgan fingerprint density at radius 2 is 2.50 bits per heavy atom. The summed E-state index contributed by atoms with van der Waals surface area (Å²) in [6.07, 6.45) is 3.77. The molecule has 2 aromatic heterocycles. The molecular weight excluding hydrogens is 180 g/mol. The number of aromatic amines is 1. The fourth-order valence-electron chi connectivity index (χ4n) is 1.14. The molecule has 72 valence electrons. The van der Waals surface area contributed by atoms with E-state index < -0.39 is 0 Å². The maximum Gasteiger partial charge on any atom is 0.226 e. The van der Waals surface area contributed by atoms with E-state index in [0.717, 1.165) is 11.0 Å². The summed E-state index contributed by atoms with van der Waals surface area (Å²) in [6.45, 7) is 1.79. The molecule has 0 aliphatic rings. The molecule has 0 saturated heterocycles. The predicted molar refractivity (Wildman–Crippen MR) is 52.8 cm³/mol. The molecule has 0 bridgehead atoms. The molecular formula is C9H10N4O. The van der Waals surface area contributed by atoms with Crippen LogP contribution in [0.4, 0.5) is 5.95 Å². The number of amides is 1. The second kappa shape index (κ2) is 3.45. The molecule has 1 amide bonds. The third-order valence-corrected chi connectivity index (χ3v) is 1.86. The number of pyridine rings is 1. The molecule has 2 rings (SSSR count). The summed E-state index contributed by atoms with van der Waals surface area (Å²) in [5.74, 6) is 0.414. The fourth-order valence-corrected chi connectivity index (χ4v) is 1.14. The Bertz CT molecular complexity index is 430. The van der Waals surface area contributed by atoms with Crippen LogP contribution in [0.5, 0.6) is 0 Å². The number of carbonyl (C=O) groups excluding carboxylic acids is 1. The molecule has 5 nitrogen and oxygen atoms in total. The van der Waals surface area contributed by atoms with E-state index in [9.17, 15) is 4.79 Å². The van der Waals surface area contributed by atoms with Gasteiger partial charge in [-0.25, -0.2) is 4.98 Å². The maximum absolute atomic E-state index is 11.1. The lowest BCUT2D eigenvalue weighted by Crippen LogP contribution is -2.10. The quantitative estimate of drug-likeness (QED) is 0.749. The molecule has 0 atom stereocenters. The van der Waals surface area contributed by atoms with Crippen molar-refractivity contribution in [2.24, 2.45) is 0 Å². The number of imidazole rings is 1. The third kappa shape index (κ3) is 1.56. The highest BCUT2D eigenvalue weighted by Gasteiger charge is 2.04. The monoisotopic (exact) mass is 190 g/mol. The van der Waals surface area contributed by atoms with Crippen LogP contribution >= 0.6 is 0 Å².